The number of aromatic nitrogens is 4. The van der Waals surface area contributed by atoms with Crippen LogP contribution in [0, 0.1) is 0 Å². The number of carbonyl (C=O) groups is 1. The number of carbonyl (C=O) groups excluding carboxylic acids is 1. The Morgan fingerprint density at radius 3 is 2.61 bits per heavy atom. The molecule has 2 aromatic heterocycles. The van der Waals surface area contributed by atoms with Crippen molar-refractivity contribution >= 4 is 5.91 Å². The van der Waals surface area contributed by atoms with Crippen LogP contribution in [0.2, 0.25) is 0 Å². The van der Waals surface area contributed by atoms with Gasteiger partial charge in [-0.3, -0.25) is 14.7 Å². The number of likely N-dealkylation sites (tertiary alicyclic amines) is 2. The zero-order valence-corrected chi connectivity index (χ0v) is 16.8. The van der Waals surface area contributed by atoms with Gasteiger partial charge in [-0.25, -0.2) is 0 Å². The summed E-state index contributed by atoms with van der Waals surface area (Å²) in [4.78, 5) is 21.2. The first-order valence-corrected chi connectivity index (χ1v) is 10.6. The van der Waals surface area contributed by atoms with Crippen molar-refractivity contribution < 1.29 is 4.79 Å². The normalized spacial score (nSPS) is 18.7. The minimum atomic E-state index is 0.193. The van der Waals surface area contributed by atoms with Crippen LogP contribution in [0.1, 0.15) is 55.7 Å². The van der Waals surface area contributed by atoms with Gasteiger partial charge in [-0.2, -0.15) is 0 Å². The maximum atomic E-state index is 12.6. The summed E-state index contributed by atoms with van der Waals surface area (Å²) in [6, 6.07) is 3.84. The Hall–Kier alpha value is -2.28. The number of amides is 1. The van der Waals surface area contributed by atoms with Crippen LogP contribution in [-0.4, -0.2) is 61.6 Å². The summed E-state index contributed by atoms with van der Waals surface area (Å²) in [5.74, 6) is 2.78. The Balaban J connectivity index is 1.35. The van der Waals surface area contributed by atoms with Crippen molar-refractivity contribution in [2.45, 2.75) is 58.0 Å². The highest BCUT2D eigenvalue weighted by Gasteiger charge is 2.28. The van der Waals surface area contributed by atoms with Gasteiger partial charge in [-0.15, -0.1) is 10.2 Å². The Morgan fingerprint density at radius 2 is 1.93 bits per heavy atom. The lowest BCUT2D eigenvalue weighted by Crippen LogP contribution is -2.39. The molecular weight excluding hydrogens is 352 g/mol. The Labute approximate surface area is 166 Å². The molecule has 0 aliphatic carbocycles. The molecule has 7 heteroatoms. The van der Waals surface area contributed by atoms with Crippen LogP contribution in [0.3, 0.4) is 0 Å². The largest absolute Gasteiger partial charge is 0.342 e. The van der Waals surface area contributed by atoms with Gasteiger partial charge in [0.1, 0.15) is 11.6 Å². The first-order chi connectivity index (χ1) is 13.7. The van der Waals surface area contributed by atoms with Gasteiger partial charge in [0.15, 0.2) is 0 Å². The lowest BCUT2D eigenvalue weighted by atomic mass is 9.95. The van der Waals surface area contributed by atoms with Crippen LogP contribution in [0.25, 0.3) is 0 Å². The molecule has 1 amide bonds. The smallest absolute Gasteiger partial charge is 0.227 e. The molecule has 4 rings (SSSR count). The zero-order valence-electron chi connectivity index (χ0n) is 16.8. The molecule has 7 nitrogen and oxygen atoms in total. The lowest BCUT2D eigenvalue weighted by Gasteiger charge is -2.32. The number of piperidine rings is 1. The van der Waals surface area contributed by atoms with Crippen molar-refractivity contribution in [1.82, 2.24) is 29.5 Å². The van der Waals surface area contributed by atoms with Crippen LogP contribution >= 0.6 is 0 Å². The lowest BCUT2D eigenvalue weighted by molar-refractivity contribution is -0.131. The molecule has 0 atom stereocenters. The van der Waals surface area contributed by atoms with Crippen molar-refractivity contribution in [2.75, 3.05) is 26.2 Å². The van der Waals surface area contributed by atoms with Gasteiger partial charge < -0.3 is 9.47 Å². The van der Waals surface area contributed by atoms with Crippen LogP contribution < -0.4 is 0 Å². The van der Waals surface area contributed by atoms with Gasteiger partial charge >= 0.3 is 0 Å². The maximum Gasteiger partial charge on any atom is 0.227 e. The molecule has 150 valence electrons. The molecule has 0 bridgehead atoms. The van der Waals surface area contributed by atoms with Gasteiger partial charge in [0, 0.05) is 37.9 Å². The molecule has 2 aliphatic rings. The minimum Gasteiger partial charge on any atom is -0.342 e. The number of rotatable bonds is 6. The molecule has 2 fully saturated rings. The quantitative estimate of drug-likeness (QED) is 0.766. The SMILES string of the molecule is CCn1c(CN2CCCC2)nnc1C1CCN(C(=O)Cc2cccnc2)CC1. The fraction of sp³-hybridized carbons (Fsp3) is 0.619. The van der Waals surface area contributed by atoms with Crippen molar-refractivity contribution in [2.24, 2.45) is 0 Å². The highest BCUT2D eigenvalue weighted by atomic mass is 16.2. The van der Waals surface area contributed by atoms with Gasteiger partial charge in [-0.05, 0) is 57.3 Å². The molecule has 28 heavy (non-hydrogen) atoms. The highest BCUT2D eigenvalue weighted by Crippen LogP contribution is 2.28. The standard InChI is InChI=1S/C21H30N6O/c1-2-27-19(16-25-10-3-4-11-25)23-24-21(27)18-7-12-26(13-8-18)20(28)14-17-6-5-9-22-15-17/h5-6,9,15,18H,2-4,7-8,10-14,16H2,1H3. The predicted molar refractivity (Wildman–Crippen MR) is 107 cm³/mol. The Bertz CT molecular complexity index is 775. The number of hydrogen-bond acceptors (Lipinski definition) is 5. The van der Waals surface area contributed by atoms with Crippen molar-refractivity contribution in [3.63, 3.8) is 0 Å². The number of pyridine rings is 1. The minimum absolute atomic E-state index is 0.193. The summed E-state index contributed by atoms with van der Waals surface area (Å²) in [6.07, 6.45) is 8.44. The summed E-state index contributed by atoms with van der Waals surface area (Å²) in [6.45, 7) is 7.91. The van der Waals surface area contributed by atoms with Crippen LogP contribution in [-0.2, 0) is 24.3 Å². The molecule has 4 heterocycles. The van der Waals surface area contributed by atoms with E-state index in [1.165, 1.54) is 25.9 Å². The van der Waals surface area contributed by atoms with E-state index in [1.54, 1.807) is 12.4 Å². The molecule has 0 radical (unpaired) electrons. The topological polar surface area (TPSA) is 67.2 Å². The van der Waals surface area contributed by atoms with E-state index in [4.69, 9.17) is 0 Å². The number of nitrogens with zero attached hydrogens (tertiary/aromatic N) is 6. The van der Waals surface area contributed by atoms with E-state index in [1.807, 2.05) is 17.0 Å². The Kier molecular flexibility index (Phi) is 6.00. The average molecular weight is 383 g/mol. The van der Waals surface area contributed by atoms with Gasteiger partial charge in [-0.1, -0.05) is 6.07 Å². The molecule has 2 aliphatic heterocycles. The molecule has 2 saturated heterocycles. The first-order valence-electron chi connectivity index (χ1n) is 10.6. The van der Waals surface area contributed by atoms with Crippen LogP contribution in [0.4, 0.5) is 0 Å². The second kappa shape index (κ2) is 8.82. The summed E-state index contributed by atoms with van der Waals surface area (Å²) in [7, 11) is 0. The third-order valence-corrected chi connectivity index (χ3v) is 6.03. The van der Waals surface area contributed by atoms with Crippen molar-refractivity contribution in [3.8, 4) is 0 Å². The van der Waals surface area contributed by atoms with Crippen molar-refractivity contribution in [1.29, 1.82) is 0 Å². The summed E-state index contributed by atoms with van der Waals surface area (Å²) >= 11 is 0. The number of hydrogen-bond donors (Lipinski definition) is 0. The highest BCUT2D eigenvalue weighted by molar-refractivity contribution is 5.78. The third-order valence-electron chi connectivity index (χ3n) is 6.03. The molecule has 2 aromatic rings. The second-order valence-electron chi connectivity index (χ2n) is 7.90. The van der Waals surface area contributed by atoms with Gasteiger partial charge in [0.25, 0.3) is 0 Å². The Morgan fingerprint density at radius 1 is 1.14 bits per heavy atom. The molecule has 0 aromatic carbocycles. The van der Waals surface area contributed by atoms with E-state index in [0.29, 0.717) is 12.3 Å². The molecule has 0 unspecified atom stereocenters. The summed E-state index contributed by atoms with van der Waals surface area (Å²) in [5, 5.41) is 9.08. The van der Waals surface area contributed by atoms with Crippen LogP contribution in [0.5, 0.6) is 0 Å². The molecule has 0 saturated carbocycles. The fourth-order valence-electron chi connectivity index (χ4n) is 4.43. The average Bonchev–Trinajstić information content (AvgIpc) is 3.39. The predicted octanol–water partition coefficient (Wildman–Crippen LogP) is 2.24. The van der Waals surface area contributed by atoms with E-state index in [2.05, 4.69) is 31.6 Å². The van der Waals surface area contributed by atoms with Gasteiger partial charge in [0.2, 0.25) is 5.91 Å². The summed E-state index contributed by atoms with van der Waals surface area (Å²) in [5.41, 5.74) is 0.979. The van der Waals surface area contributed by atoms with Crippen LogP contribution in [0.15, 0.2) is 24.5 Å². The summed E-state index contributed by atoms with van der Waals surface area (Å²) < 4.78 is 2.30. The fourth-order valence-corrected chi connectivity index (χ4v) is 4.43. The van der Waals surface area contributed by atoms with E-state index in [-0.39, 0.29) is 5.91 Å². The van der Waals surface area contributed by atoms with E-state index < -0.39 is 0 Å². The first kappa shape index (κ1) is 19.1. The zero-order chi connectivity index (χ0) is 19.3. The van der Waals surface area contributed by atoms with E-state index in [0.717, 1.165) is 56.2 Å². The monoisotopic (exact) mass is 382 g/mol. The van der Waals surface area contributed by atoms with E-state index in [9.17, 15) is 4.79 Å². The van der Waals surface area contributed by atoms with Crippen molar-refractivity contribution in [3.05, 3.63) is 41.7 Å². The second-order valence-corrected chi connectivity index (χ2v) is 7.90. The maximum absolute atomic E-state index is 12.6. The molecule has 0 N–H and O–H groups in total. The molecular formula is C21H30N6O. The molecule has 0 spiro atoms. The third kappa shape index (κ3) is 4.24. The van der Waals surface area contributed by atoms with E-state index >= 15 is 0 Å². The van der Waals surface area contributed by atoms with Gasteiger partial charge in [0.05, 0.1) is 13.0 Å².